The Morgan fingerprint density at radius 1 is 1.38 bits per heavy atom. The van der Waals surface area contributed by atoms with Crippen LogP contribution in [0.1, 0.15) is 15.1 Å². The van der Waals surface area contributed by atoms with Gasteiger partial charge in [0, 0.05) is 20.6 Å². The van der Waals surface area contributed by atoms with Gasteiger partial charge in [-0.15, -0.1) is 0 Å². The molecule has 0 amide bonds. The van der Waals surface area contributed by atoms with Crippen molar-refractivity contribution in [3.05, 3.63) is 24.3 Å². The quantitative estimate of drug-likeness (QED) is 0.856. The van der Waals surface area contributed by atoms with Crippen LogP contribution >= 0.6 is 0 Å². The highest BCUT2D eigenvalue weighted by molar-refractivity contribution is 5.72. The molecular formula is C12H18N2O2. The van der Waals surface area contributed by atoms with E-state index in [9.17, 15) is 0 Å². The fourth-order valence-corrected chi connectivity index (χ4v) is 1.93. The number of benzene rings is 1. The summed E-state index contributed by atoms with van der Waals surface area (Å²) in [5, 5.41) is 2.89. The van der Waals surface area contributed by atoms with Crippen molar-refractivity contribution in [3.8, 4) is 0 Å². The third-order valence-corrected chi connectivity index (χ3v) is 2.67. The molecule has 1 aromatic rings. The van der Waals surface area contributed by atoms with E-state index < -0.39 is 26.5 Å². The summed E-state index contributed by atoms with van der Waals surface area (Å²) in [6.45, 7) is 2.25. The van der Waals surface area contributed by atoms with Gasteiger partial charge in [-0.1, -0.05) is 12.1 Å². The maximum Gasteiger partial charge on any atom is 0.175 e. The van der Waals surface area contributed by atoms with Crippen molar-refractivity contribution in [2.45, 2.75) is 19.4 Å². The van der Waals surface area contributed by atoms with E-state index in [2.05, 4.69) is 5.32 Å². The zero-order valence-electron chi connectivity index (χ0n) is 14.9. The lowest BCUT2D eigenvalue weighted by Crippen LogP contribution is -2.52. The van der Waals surface area contributed by atoms with Crippen LogP contribution in [0.5, 0.6) is 0 Å². The van der Waals surface area contributed by atoms with Crippen LogP contribution in [0.3, 0.4) is 0 Å². The molecule has 0 radical (unpaired) electrons. The zero-order valence-corrected chi connectivity index (χ0v) is 8.93. The fraction of sp³-hybridized carbons (Fsp3) is 0.500. The first-order chi connectivity index (χ1) is 10.1. The average Bonchev–Trinajstić information content (AvgIpc) is 2.36. The average molecular weight is 228 g/mol. The van der Waals surface area contributed by atoms with Crippen molar-refractivity contribution in [1.29, 1.82) is 0 Å². The van der Waals surface area contributed by atoms with Crippen LogP contribution in [-0.4, -0.2) is 33.1 Å². The Hall–Kier alpha value is -1.26. The molecule has 1 heterocycles. The van der Waals surface area contributed by atoms with Gasteiger partial charge >= 0.3 is 0 Å². The van der Waals surface area contributed by atoms with Gasteiger partial charge < -0.3 is 19.7 Å². The second kappa shape index (κ2) is 4.72. The van der Waals surface area contributed by atoms with Crippen molar-refractivity contribution in [1.82, 2.24) is 0 Å². The lowest BCUT2D eigenvalue weighted by atomic mass is 10.1. The number of hydrogen-bond acceptors (Lipinski definition) is 4. The predicted octanol–water partition coefficient (Wildman–Crippen LogP) is 1.88. The number of fused-ring (bicyclic) bond motifs is 1. The number of nitrogens with one attached hydrogen (secondary N) is 1. The van der Waals surface area contributed by atoms with Crippen LogP contribution in [0.2, 0.25) is 0 Å². The smallest absolute Gasteiger partial charge is 0.175 e. The van der Waals surface area contributed by atoms with Gasteiger partial charge in [0.1, 0.15) is 0 Å². The Balaban J connectivity index is 2.38. The minimum absolute atomic E-state index is 0.431. The number of para-hydroxylation sites is 2. The van der Waals surface area contributed by atoms with E-state index in [1.807, 2.05) is 6.92 Å². The number of nitrogens with zero attached hydrogens (tertiary/aromatic N) is 1. The summed E-state index contributed by atoms with van der Waals surface area (Å²) >= 11 is 0. The second-order valence-corrected chi connectivity index (χ2v) is 3.49. The van der Waals surface area contributed by atoms with E-state index in [1.54, 1.807) is 29.2 Å². The molecule has 4 heteroatoms. The second-order valence-electron chi connectivity index (χ2n) is 3.49. The van der Waals surface area contributed by atoms with Gasteiger partial charge in [-0.2, -0.15) is 0 Å². The molecule has 0 saturated carbocycles. The molecule has 0 spiro atoms. The maximum absolute atomic E-state index is 7.30. The monoisotopic (exact) mass is 228 g/mol. The first-order valence-corrected chi connectivity index (χ1v) is 5.08. The van der Waals surface area contributed by atoms with Crippen molar-refractivity contribution >= 4 is 11.4 Å². The van der Waals surface area contributed by atoms with Gasteiger partial charge in [0.25, 0.3) is 0 Å². The number of methoxy groups -OCH3 is 2. The summed E-state index contributed by atoms with van der Waals surface area (Å²) in [4.78, 5) is 1.66. The molecule has 0 aromatic heterocycles. The lowest BCUT2D eigenvalue weighted by Gasteiger charge is -2.42. The van der Waals surface area contributed by atoms with Crippen molar-refractivity contribution in [2.24, 2.45) is 0 Å². The summed E-state index contributed by atoms with van der Waals surface area (Å²) in [5.74, 6) is 0. The maximum atomic E-state index is 7.30. The number of hydrogen-bond donors (Lipinski definition) is 1. The highest BCUT2D eigenvalue weighted by Gasteiger charge is 2.32. The van der Waals surface area contributed by atoms with Crippen LogP contribution in [0, 0.1) is 0 Å². The van der Waals surface area contributed by atoms with E-state index in [-0.39, 0.29) is 0 Å². The van der Waals surface area contributed by atoms with Gasteiger partial charge in [0.15, 0.2) is 12.5 Å². The van der Waals surface area contributed by atoms with Gasteiger partial charge in [-0.3, -0.25) is 0 Å². The first-order valence-electron chi connectivity index (χ1n) is 8.08. The highest BCUT2D eigenvalue weighted by Crippen LogP contribution is 2.33. The van der Waals surface area contributed by atoms with E-state index in [1.165, 1.54) is 0 Å². The summed E-state index contributed by atoms with van der Waals surface area (Å²) in [6.07, 6.45) is -2.23. The van der Waals surface area contributed by atoms with Crippen molar-refractivity contribution < 1.29 is 17.7 Å². The van der Waals surface area contributed by atoms with Crippen molar-refractivity contribution in [2.75, 3.05) is 30.8 Å². The number of rotatable bonds is 3. The zero-order chi connectivity index (χ0) is 16.5. The molecule has 1 aromatic carbocycles. The van der Waals surface area contributed by atoms with Crippen LogP contribution in [-0.2, 0) is 9.47 Å². The molecular weight excluding hydrogens is 204 g/mol. The summed E-state index contributed by atoms with van der Waals surface area (Å²) < 4.78 is 53.7. The standard InChI is InChI=1S/C12H18N2O2/c1-4-14-10-8-6-5-7-9(10)13-11(15-2)12(14)16-3/h5-8,11-13H,4H2,1-3H3/i2D3,3D3. The molecule has 1 aliphatic heterocycles. The number of ether oxygens (including phenoxy) is 2. The number of anilines is 2. The molecule has 2 rings (SSSR count). The molecule has 4 nitrogen and oxygen atoms in total. The van der Waals surface area contributed by atoms with Gasteiger partial charge in [-0.05, 0) is 19.1 Å². The normalized spacial score (nSPS) is 30.9. The van der Waals surface area contributed by atoms with E-state index in [4.69, 9.17) is 17.7 Å². The predicted molar refractivity (Wildman–Crippen MR) is 64.7 cm³/mol. The summed E-state index contributed by atoms with van der Waals surface area (Å²) in [5.41, 5.74) is 1.38. The summed E-state index contributed by atoms with van der Waals surface area (Å²) in [6, 6.07) is 7.16. The molecule has 2 atom stereocenters. The molecule has 1 N–H and O–H groups in total. The van der Waals surface area contributed by atoms with Gasteiger partial charge in [-0.25, -0.2) is 0 Å². The fourth-order valence-electron chi connectivity index (χ4n) is 1.93. The number of likely N-dealkylation sites (N-methyl/N-ethyl adjacent to an activating group) is 1. The summed E-state index contributed by atoms with van der Waals surface area (Å²) in [7, 11) is -5.36. The third kappa shape index (κ3) is 1.74. The Kier molecular flexibility index (Phi) is 1.74. The van der Waals surface area contributed by atoms with Gasteiger partial charge in [0.05, 0.1) is 19.6 Å². The lowest BCUT2D eigenvalue weighted by molar-refractivity contribution is -0.0247. The van der Waals surface area contributed by atoms with E-state index in [0.29, 0.717) is 12.2 Å². The Morgan fingerprint density at radius 2 is 2.19 bits per heavy atom. The molecule has 0 saturated heterocycles. The molecule has 0 fully saturated rings. The Labute approximate surface area is 105 Å². The molecule has 2 unspecified atom stereocenters. The first kappa shape index (κ1) is 5.89. The Morgan fingerprint density at radius 3 is 2.94 bits per heavy atom. The molecule has 88 valence electrons. The minimum atomic E-state index is -2.68. The third-order valence-electron chi connectivity index (χ3n) is 2.67. The highest BCUT2D eigenvalue weighted by atomic mass is 16.5. The molecule has 0 bridgehead atoms. The SMILES string of the molecule is [2H]C([2H])([2H])OC1Nc2ccccc2N(CC)C1OC([2H])([2H])[2H]. The van der Waals surface area contributed by atoms with Crippen LogP contribution < -0.4 is 10.2 Å². The topological polar surface area (TPSA) is 33.7 Å². The molecule has 1 aliphatic rings. The van der Waals surface area contributed by atoms with E-state index >= 15 is 0 Å². The van der Waals surface area contributed by atoms with E-state index in [0.717, 1.165) is 5.69 Å². The van der Waals surface area contributed by atoms with Crippen molar-refractivity contribution in [3.63, 3.8) is 0 Å². The molecule has 0 aliphatic carbocycles. The van der Waals surface area contributed by atoms with Crippen LogP contribution in [0.4, 0.5) is 11.4 Å². The largest absolute Gasteiger partial charge is 0.357 e. The minimum Gasteiger partial charge on any atom is -0.357 e. The van der Waals surface area contributed by atoms with Crippen LogP contribution in [0.25, 0.3) is 0 Å². The Bertz CT molecular complexity index is 519. The van der Waals surface area contributed by atoms with Crippen LogP contribution in [0.15, 0.2) is 24.3 Å². The molecule has 16 heavy (non-hydrogen) atoms. The van der Waals surface area contributed by atoms with Gasteiger partial charge in [0.2, 0.25) is 0 Å².